The molecule has 2 rings (SSSR count). The molecule has 0 saturated heterocycles. The Morgan fingerprint density at radius 2 is 2.00 bits per heavy atom. The first kappa shape index (κ1) is 11.9. The van der Waals surface area contributed by atoms with E-state index in [1.165, 1.54) is 5.56 Å². The summed E-state index contributed by atoms with van der Waals surface area (Å²) in [6.45, 7) is 4.38. The standard InChI is InChI=1S/C14H18N2O/c1-3-10(2)11-4-6-12(7-5-11)13-8-15-14(9-17)16-13/h4-8,10,17H,3,9H2,1-2H3,(H,15,16). The summed E-state index contributed by atoms with van der Waals surface area (Å²) in [5, 5.41) is 8.95. The Morgan fingerprint density at radius 3 is 2.53 bits per heavy atom. The van der Waals surface area contributed by atoms with Gasteiger partial charge in [-0.25, -0.2) is 4.98 Å². The molecular formula is C14H18N2O. The zero-order chi connectivity index (χ0) is 12.3. The van der Waals surface area contributed by atoms with E-state index in [0.717, 1.165) is 17.7 Å². The summed E-state index contributed by atoms with van der Waals surface area (Å²) >= 11 is 0. The second-order valence-electron chi connectivity index (χ2n) is 4.33. The summed E-state index contributed by atoms with van der Waals surface area (Å²) in [6.07, 6.45) is 2.90. The zero-order valence-corrected chi connectivity index (χ0v) is 10.3. The van der Waals surface area contributed by atoms with Crippen LogP contribution in [-0.4, -0.2) is 15.1 Å². The van der Waals surface area contributed by atoms with Crippen molar-refractivity contribution in [1.29, 1.82) is 0 Å². The van der Waals surface area contributed by atoms with Crippen molar-refractivity contribution in [2.45, 2.75) is 32.8 Å². The van der Waals surface area contributed by atoms with Gasteiger partial charge in [0.2, 0.25) is 0 Å². The fraction of sp³-hybridized carbons (Fsp3) is 0.357. The van der Waals surface area contributed by atoms with Crippen LogP contribution >= 0.6 is 0 Å². The highest BCUT2D eigenvalue weighted by Gasteiger charge is 2.05. The fourth-order valence-electron chi connectivity index (χ4n) is 1.82. The van der Waals surface area contributed by atoms with Crippen molar-refractivity contribution in [2.75, 3.05) is 0 Å². The summed E-state index contributed by atoms with van der Waals surface area (Å²) < 4.78 is 0. The van der Waals surface area contributed by atoms with Crippen molar-refractivity contribution in [3.05, 3.63) is 41.9 Å². The lowest BCUT2D eigenvalue weighted by Crippen LogP contribution is -1.90. The Balaban J connectivity index is 2.22. The molecule has 0 bridgehead atoms. The molecule has 1 aromatic heterocycles. The van der Waals surface area contributed by atoms with Crippen molar-refractivity contribution >= 4 is 0 Å². The molecule has 0 fully saturated rings. The lowest BCUT2D eigenvalue weighted by atomic mass is 9.97. The predicted molar refractivity (Wildman–Crippen MR) is 68.7 cm³/mol. The van der Waals surface area contributed by atoms with E-state index in [1.54, 1.807) is 6.20 Å². The number of aromatic amines is 1. The molecule has 17 heavy (non-hydrogen) atoms. The fourth-order valence-corrected chi connectivity index (χ4v) is 1.82. The first-order valence-corrected chi connectivity index (χ1v) is 5.99. The summed E-state index contributed by atoms with van der Waals surface area (Å²) in [4.78, 5) is 7.16. The number of aromatic nitrogens is 2. The largest absolute Gasteiger partial charge is 0.388 e. The summed E-state index contributed by atoms with van der Waals surface area (Å²) in [5.74, 6) is 1.20. The van der Waals surface area contributed by atoms with Gasteiger partial charge in [0.25, 0.3) is 0 Å². The van der Waals surface area contributed by atoms with Crippen molar-refractivity contribution in [3.63, 3.8) is 0 Å². The van der Waals surface area contributed by atoms with Crippen molar-refractivity contribution in [3.8, 4) is 11.3 Å². The quantitative estimate of drug-likeness (QED) is 0.848. The number of hydrogen-bond donors (Lipinski definition) is 2. The van der Waals surface area contributed by atoms with Crippen LogP contribution in [0.2, 0.25) is 0 Å². The molecule has 3 heteroatoms. The molecule has 1 heterocycles. The number of aliphatic hydroxyl groups is 1. The van der Waals surface area contributed by atoms with Crippen molar-refractivity contribution in [2.24, 2.45) is 0 Å². The summed E-state index contributed by atoms with van der Waals surface area (Å²) in [5.41, 5.74) is 3.41. The van der Waals surface area contributed by atoms with Crippen LogP contribution in [0.25, 0.3) is 11.3 Å². The van der Waals surface area contributed by atoms with Crippen molar-refractivity contribution < 1.29 is 5.11 Å². The molecule has 0 aliphatic heterocycles. The van der Waals surface area contributed by atoms with Gasteiger partial charge in [-0.05, 0) is 23.5 Å². The molecule has 90 valence electrons. The molecule has 1 aromatic carbocycles. The first-order valence-electron chi connectivity index (χ1n) is 5.99. The monoisotopic (exact) mass is 230 g/mol. The van der Waals surface area contributed by atoms with Gasteiger partial charge in [-0.1, -0.05) is 38.1 Å². The molecule has 2 N–H and O–H groups in total. The third kappa shape index (κ3) is 2.56. The summed E-state index contributed by atoms with van der Waals surface area (Å²) in [7, 11) is 0. The Hall–Kier alpha value is -1.61. The molecule has 1 unspecified atom stereocenters. The number of nitrogens with one attached hydrogen (secondary N) is 1. The van der Waals surface area contributed by atoms with Crippen LogP contribution in [0.1, 0.15) is 37.6 Å². The minimum atomic E-state index is -0.0506. The molecule has 0 aliphatic rings. The molecule has 1 atom stereocenters. The van der Waals surface area contributed by atoms with Crippen LogP contribution in [0.4, 0.5) is 0 Å². The maximum Gasteiger partial charge on any atom is 0.132 e. The highest BCUT2D eigenvalue weighted by molar-refractivity contribution is 5.58. The van der Waals surface area contributed by atoms with E-state index >= 15 is 0 Å². The lowest BCUT2D eigenvalue weighted by molar-refractivity contribution is 0.272. The van der Waals surface area contributed by atoms with Crippen LogP contribution in [0, 0.1) is 0 Å². The molecule has 0 aliphatic carbocycles. The van der Waals surface area contributed by atoms with Gasteiger partial charge in [0.1, 0.15) is 12.4 Å². The number of nitrogens with zero attached hydrogens (tertiary/aromatic N) is 1. The number of benzene rings is 1. The number of rotatable bonds is 4. The molecular weight excluding hydrogens is 212 g/mol. The Bertz CT molecular complexity index is 473. The highest BCUT2D eigenvalue weighted by atomic mass is 16.3. The van der Waals surface area contributed by atoms with E-state index in [2.05, 4.69) is 48.1 Å². The van der Waals surface area contributed by atoms with E-state index in [1.807, 2.05) is 0 Å². The van der Waals surface area contributed by atoms with Crippen LogP contribution in [0.15, 0.2) is 30.5 Å². The van der Waals surface area contributed by atoms with Crippen molar-refractivity contribution in [1.82, 2.24) is 9.97 Å². The summed E-state index contributed by atoms with van der Waals surface area (Å²) in [6, 6.07) is 8.50. The number of imidazole rings is 1. The van der Waals surface area contributed by atoms with Gasteiger partial charge in [-0.15, -0.1) is 0 Å². The lowest BCUT2D eigenvalue weighted by Gasteiger charge is -2.09. The van der Waals surface area contributed by atoms with Crippen LogP contribution in [0.5, 0.6) is 0 Å². The maximum absolute atomic E-state index is 8.95. The van der Waals surface area contributed by atoms with E-state index in [-0.39, 0.29) is 6.61 Å². The maximum atomic E-state index is 8.95. The third-order valence-electron chi connectivity index (χ3n) is 3.18. The van der Waals surface area contributed by atoms with Gasteiger partial charge < -0.3 is 10.1 Å². The first-order chi connectivity index (χ1) is 8.24. The Morgan fingerprint density at radius 1 is 1.29 bits per heavy atom. The zero-order valence-electron chi connectivity index (χ0n) is 10.3. The van der Waals surface area contributed by atoms with Gasteiger partial charge in [-0.2, -0.15) is 0 Å². The molecule has 3 nitrogen and oxygen atoms in total. The number of H-pyrrole nitrogens is 1. The van der Waals surface area contributed by atoms with E-state index < -0.39 is 0 Å². The minimum absolute atomic E-state index is 0.0506. The van der Waals surface area contributed by atoms with Gasteiger partial charge in [0, 0.05) is 0 Å². The molecule has 0 amide bonds. The normalized spacial score (nSPS) is 12.6. The Kier molecular flexibility index (Phi) is 3.59. The van der Waals surface area contributed by atoms with Gasteiger partial charge in [-0.3, -0.25) is 0 Å². The van der Waals surface area contributed by atoms with E-state index in [0.29, 0.717) is 11.7 Å². The van der Waals surface area contributed by atoms with Gasteiger partial charge >= 0.3 is 0 Å². The molecule has 0 spiro atoms. The van der Waals surface area contributed by atoms with Crippen LogP contribution in [0.3, 0.4) is 0 Å². The van der Waals surface area contributed by atoms with Crippen LogP contribution < -0.4 is 0 Å². The Labute approximate surface area is 102 Å². The third-order valence-corrected chi connectivity index (χ3v) is 3.18. The second-order valence-corrected chi connectivity index (χ2v) is 4.33. The highest BCUT2D eigenvalue weighted by Crippen LogP contribution is 2.23. The SMILES string of the molecule is CCC(C)c1ccc(-c2cnc(CO)[nH]2)cc1. The second kappa shape index (κ2) is 5.15. The van der Waals surface area contributed by atoms with E-state index in [9.17, 15) is 0 Å². The average Bonchev–Trinajstić information content (AvgIpc) is 2.87. The molecule has 0 saturated carbocycles. The number of aliphatic hydroxyl groups excluding tert-OH is 1. The molecule has 2 aromatic rings. The predicted octanol–water partition coefficient (Wildman–Crippen LogP) is 3.08. The smallest absolute Gasteiger partial charge is 0.132 e. The molecule has 0 radical (unpaired) electrons. The van der Waals surface area contributed by atoms with E-state index in [4.69, 9.17) is 5.11 Å². The van der Waals surface area contributed by atoms with Gasteiger partial charge in [0.15, 0.2) is 0 Å². The van der Waals surface area contributed by atoms with Gasteiger partial charge in [0.05, 0.1) is 11.9 Å². The minimum Gasteiger partial charge on any atom is -0.388 e. The van der Waals surface area contributed by atoms with Crippen LogP contribution in [-0.2, 0) is 6.61 Å². The average molecular weight is 230 g/mol. The number of hydrogen-bond acceptors (Lipinski definition) is 2. The topological polar surface area (TPSA) is 48.9 Å².